The van der Waals surface area contributed by atoms with Crippen molar-refractivity contribution in [2.24, 2.45) is 0 Å². The zero-order valence-electron chi connectivity index (χ0n) is 15.2. The third-order valence-electron chi connectivity index (χ3n) is 4.98. The first-order valence-corrected chi connectivity index (χ1v) is 9.35. The Morgan fingerprint density at radius 3 is 2.30 bits per heavy atom. The SMILES string of the molecule is O=C(c1cn(Cc2ccccc2)nc1-c1ccccc1)N1CCC(O)CC1. The molecule has 1 saturated heterocycles. The summed E-state index contributed by atoms with van der Waals surface area (Å²) in [5.74, 6) is -0.0138. The van der Waals surface area contributed by atoms with E-state index in [-0.39, 0.29) is 12.0 Å². The molecule has 5 nitrogen and oxygen atoms in total. The average molecular weight is 361 g/mol. The van der Waals surface area contributed by atoms with Crippen LogP contribution in [-0.2, 0) is 6.54 Å². The Balaban J connectivity index is 1.67. The highest BCUT2D eigenvalue weighted by Gasteiger charge is 2.26. The van der Waals surface area contributed by atoms with Crippen LogP contribution in [0.2, 0.25) is 0 Å². The van der Waals surface area contributed by atoms with Gasteiger partial charge in [0.25, 0.3) is 5.91 Å². The Kier molecular flexibility index (Phi) is 5.03. The zero-order valence-corrected chi connectivity index (χ0v) is 15.2. The molecule has 2 heterocycles. The maximum Gasteiger partial charge on any atom is 0.257 e. The molecule has 0 bridgehead atoms. The molecule has 1 N–H and O–H groups in total. The number of aromatic nitrogens is 2. The van der Waals surface area contributed by atoms with E-state index in [9.17, 15) is 9.90 Å². The fourth-order valence-electron chi connectivity index (χ4n) is 3.48. The first-order chi connectivity index (χ1) is 13.2. The van der Waals surface area contributed by atoms with Crippen molar-refractivity contribution in [3.05, 3.63) is 78.0 Å². The molecule has 4 rings (SSSR count). The van der Waals surface area contributed by atoms with E-state index in [1.807, 2.05) is 64.3 Å². The Bertz CT molecular complexity index is 898. The second-order valence-electron chi connectivity index (χ2n) is 6.96. The van der Waals surface area contributed by atoms with Crippen molar-refractivity contribution in [2.75, 3.05) is 13.1 Å². The molecular formula is C22H23N3O2. The topological polar surface area (TPSA) is 58.4 Å². The molecule has 138 valence electrons. The molecule has 1 aliphatic heterocycles. The van der Waals surface area contributed by atoms with Crippen molar-refractivity contribution in [2.45, 2.75) is 25.5 Å². The van der Waals surface area contributed by atoms with Crippen LogP contribution in [0.1, 0.15) is 28.8 Å². The van der Waals surface area contributed by atoms with Gasteiger partial charge in [0.15, 0.2) is 0 Å². The lowest BCUT2D eigenvalue weighted by Crippen LogP contribution is -2.40. The Morgan fingerprint density at radius 2 is 1.63 bits per heavy atom. The normalized spacial score (nSPS) is 15.1. The first kappa shape index (κ1) is 17.5. The molecule has 1 fully saturated rings. The summed E-state index contributed by atoms with van der Waals surface area (Å²) in [4.78, 5) is 15.0. The summed E-state index contributed by atoms with van der Waals surface area (Å²) in [6.45, 7) is 1.78. The largest absolute Gasteiger partial charge is 0.393 e. The van der Waals surface area contributed by atoms with Crippen molar-refractivity contribution in [1.29, 1.82) is 0 Å². The molecular weight excluding hydrogens is 338 g/mol. The van der Waals surface area contributed by atoms with Gasteiger partial charge in [-0.05, 0) is 18.4 Å². The molecule has 1 aliphatic rings. The number of hydrogen-bond acceptors (Lipinski definition) is 3. The summed E-state index contributed by atoms with van der Waals surface area (Å²) in [5.41, 5.74) is 3.40. The Morgan fingerprint density at radius 1 is 1.00 bits per heavy atom. The van der Waals surface area contributed by atoms with E-state index in [0.29, 0.717) is 43.7 Å². The van der Waals surface area contributed by atoms with Gasteiger partial charge in [0.05, 0.1) is 18.2 Å². The van der Waals surface area contributed by atoms with Crippen LogP contribution in [0.3, 0.4) is 0 Å². The van der Waals surface area contributed by atoms with E-state index in [1.54, 1.807) is 0 Å². The first-order valence-electron chi connectivity index (χ1n) is 9.35. The summed E-state index contributed by atoms with van der Waals surface area (Å²) in [6, 6.07) is 19.9. The van der Waals surface area contributed by atoms with Gasteiger partial charge in [-0.3, -0.25) is 9.48 Å². The lowest BCUT2D eigenvalue weighted by Gasteiger charge is -2.29. The summed E-state index contributed by atoms with van der Waals surface area (Å²) >= 11 is 0. The van der Waals surface area contributed by atoms with Crippen molar-refractivity contribution < 1.29 is 9.90 Å². The number of piperidine rings is 1. The standard InChI is InChI=1S/C22H23N3O2/c26-19-11-13-24(14-12-19)22(27)20-16-25(15-17-7-3-1-4-8-17)23-21(20)18-9-5-2-6-10-18/h1-10,16,19,26H,11-15H2. The third-order valence-corrected chi connectivity index (χ3v) is 4.98. The average Bonchev–Trinajstić information content (AvgIpc) is 3.13. The molecule has 0 atom stereocenters. The van der Waals surface area contributed by atoms with Gasteiger partial charge in [0, 0.05) is 24.8 Å². The molecule has 0 aliphatic carbocycles. The van der Waals surface area contributed by atoms with Gasteiger partial charge in [-0.2, -0.15) is 5.10 Å². The van der Waals surface area contributed by atoms with E-state index in [2.05, 4.69) is 12.1 Å². The fourth-order valence-corrected chi connectivity index (χ4v) is 3.48. The van der Waals surface area contributed by atoms with Crippen LogP contribution in [0.25, 0.3) is 11.3 Å². The van der Waals surface area contributed by atoms with Crippen LogP contribution in [-0.4, -0.2) is 44.9 Å². The second-order valence-corrected chi connectivity index (χ2v) is 6.96. The smallest absolute Gasteiger partial charge is 0.257 e. The minimum Gasteiger partial charge on any atom is -0.393 e. The highest BCUT2D eigenvalue weighted by Crippen LogP contribution is 2.25. The second kappa shape index (κ2) is 7.76. The summed E-state index contributed by atoms with van der Waals surface area (Å²) in [5, 5.41) is 14.5. The molecule has 0 radical (unpaired) electrons. The molecule has 5 heteroatoms. The number of benzene rings is 2. The summed E-state index contributed by atoms with van der Waals surface area (Å²) in [6.07, 6.45) is 2.81. The van der Waals surface area contributed by atoms with Crippen LogP contribution >= 0.6 is 0 Å². The van der Waals surface area contributed by atoms with Crippen molar-refractivity contribution in [3.8, 4) is 11.3 Å². The predicted octanol–water partition coefficient (Wildman–Crippen LogP) is 3.20. The number of aliphatic hydroxyl groups excluding tert-OH is 1. The molecule has 0 unspecified atom stereocenters. The van der Waals surface area contributed by atoms with Crippen LogP contribution in [0.5, 0.6) is 0 Å². The lowest BCUT2D eigenvalue weighted by atomic mass is 10.0. The quantitative estimate of drug-likeness (QED) is 0.776. The van der Waals surface area contributed by atoms with E-state index < -0.39 is 0 Å². The lowest BCUT2D eigenvalue weighted by molar-refractivity contribution is 0.0547. The molecule has 0 saturated carbocycles. The van der Waals surface area contributed by atoms with Crippen LogP contribution in [0.15, 0.2) is 66.9 Å². The molecule has 2 aromatic carbocycles. The molecule has 0 spiro atoms. The van der Waals surface area contributed by atoms with Gasteiger partial charge in [0.2, 0.25) is 0 Å². The van der Waals surface area contributed by atoms with Gasteiger partial charge in [-0.25, -0.2) is 0 Å². The van der Waals surface area contributed by atoms with E-state index in [1.165, 1.54) is 0 Å². The number of aliphatic hydroxyl groups is 1. The maximum absolute atomic E-state index is 13.2. The van der Waals surface area contributed by atoms with Gasteiger partial charge in [-0.15, -0.1) is 0 Å². The molecule has 1 amide bonds. The van der Waals surface area contributed by atoms with E-state index in [0.717, 1.165) is 11.1 Å². The molecule has 3 aromatic rings. The number of likely N-dealkylation sites (tertiary alicyclic amines) is 1. The summed E-state index contributed by atoms with van der Waals surface area (Å²) < 4.78 is 1.84. The van der Waals surface area contributed by atoms with E-state index in [4.69, 9.17) is 5.10 Å². The fraction of sp³-hybridized carbons (Fsp3) is 0.273. The van der Waals surface area contributed by atoms with Crippen LogP contribution < -0.4 is 0 Å². The Labute approximate surface area is 158 Å². The van der Waals surface area contributed by atoms with Crippen LogP contribution in [0, 0.1) is 0 Å². The highest BCUT2D eigenvalue weighted by molar-refractivity contribution is 5.99. The number of carbonyl (C=O) groups is 1. The maximum atomic E-state index is 13.2. The van der Waals surface area contributed by atoms with Gasteiger partial charge in [-0.1, -0.05) is 60.7 Å². The monoisotopic (exact) mass is 361 g/mol. The Hall–Kier alpha value is -2.92. The van der Waals surface area contributed by atoms with Crippen molar-refractivity contribution in [3.63, 3.8) is 0 Å². The number of hydrogen-bond donors (Lipinski definition) is 1. The number of carbonyl (C=O) groups excluding carboxylic acids is 1. The number of amides is 1. The van der Waals surface area contributed by atoms with Gasteiger partial charge in [0.1, 0.15) is 5.69 Å². The van der Waals surface area contributed by atoms with Crippen molar-refractivity contribution in [1.82, 2.24) is 14.7 Å². The zero-order chi connectivity index (χ0) is 18.6. The minimum atomic E-state index is -0.302. The van der Waals surface area contributed by atoms with Crippen LogP contribution in [0.4, 0.5) is 0 Å². The van der Waals surface area contributed by atoms with Crippen molar-refractivity contribution >= 4 is 5.91 Å². The third kappa shape index (κ3) is 3.93. The van der Waals surface area contributed by atoms with Gasteiger partial charge < -0.3 is 10.0 Å². The molecule has 1 aromatic heterocycles. The minimum absolute atomic E-state index is 0.0138. The van der Waals surface area contributed by atoms with Gasteiger partial charge >= 0.3 is 0 Å². The number of rotatable bonds is 4. The predicted molar refractivity (Wildman–Crippen MR) is 104 cm³/mol. The van der Waals surface area contributed by atoms with E-state index >= 15 is 0 Å². The summed E-state index contributed by atoms with van der Waals surface area (Å²) in [7, 11) is 0. The highest BCUT2D eigenvalue weighted by atomic mass is 16.3. The number of nitrogens with zero attached hydrogens (tertiary/aromatic N) is 3. The molecule has 27 heavy (non-hydrogen) atoms.